The largest absolute Gasteiger partial charge is 0.378 e. The van der Waals surface area contributed by atoms with Crippen molar-refractivity contribution in [1.82, 2.24) is 0 Å². The molecule has 0 aromatic carbocycles. The van der Waals surface area contributed by atoms with E-state index in [9.17, 15) is 4.79 Å². The van der Waals surface area contributed by atoms with Crippen LogP contribution >= 0.6 is 0 Å². The van der Waals surface area contributed by atoms with Crippen LogP contribution in [0.5, 0.6) is 0 Å². The predicted octanol–water partition coefficient (Wildman–Crippen LogP) is 0.641. The van der Waals surface area contributed by atoms with Gasteiger partial charge in [0.25, 0.3) is 0 Å². The molecule has 1 atom stereocenters. The number of ether oxygens (including phenoxy) is 1. The Balaban J connectivity index is 4.13. The lowest BCUT2D eigenvalue weighted by atomic mass is 10.1. The minimum absolute atomic E-state index is 0.134. The van der Waals surface area contributed by atoms with Crippen LogP contribution in [-0.2, 0) is 9.53 Å². The van der Waals surface area contributed by atoms with Gasteiger partial charge in [-0.15, -0.1) is 0 Å². The van der Waals surface area contributed by atoms with E-state index >= 15 is 0 Å². The lowest BCUT2D eigenvalue weighted by Crippen LogP contribution is -2.26. The van der Waals surface area contributed by atoms with Gasteiger partial charge >= 0.3 is 0 Å². The van der Waals surface area contributed by atoms with Crippen LogP contribution in [0.2, 0.25) is 0 Å². The molecule has 4 nitrogen and oxygen atoms in total. The minimum Gasteiger partial charge on any atom is -0.378 e. The third kappa shape index (κ3) is 3.51. The Morgan fingerprint density at radius 3 is 2.73 bits per heavy atom. The molecule has 0 spiro atoms. The van der Waals surface area contributed by atoms with Crippen molar-refractivity contribution in [2.45, 2.75) is 19.4 Å². The summed E-state index contributed by atoms with van der Waals surface area (Å²) in [6.45, 7) is 3.97. The summed E-state index contributed by atoms with van der Waals surface area (Å²) in [5.74, 6) is 0. The van der Waals surface area contributed by atoms with Crippen molar-refractivity contribution in [2.24, 2.45) is 4.99 Å². The lowest BCUT2D eigenvalue weighted by molar-refractivity contribution is 0.120. The fourth-order valence-electron chi connectivity index (χ4n) is 0.491. The highest BCUT2D eigenvalue weighted by Gasteiger charge is 2.22. The van der Waals surface area contributed by atoms with Gasteiger partial charge in [0, 0.05) is 6.61 Å². The first-order valence-corrected chi connectivity index (χ1v) is 3.26. The Morgan fingerprint density at radius 1 is 1.73 bits per heavy atom. The van der Waals surface area contributed by atoms with E-state index in [2.05, 4.69) is 4.99 Å². The molecular weight excluding hydrogens is 144 g/mol. The SMILES string of the molecule is CCOCC(C)(C#N)N=C=O. The van der Waals surface area contributed by atoms with Crippen LogP contribution in [0.1, 0.15) is 13.8 Å². The van der Waals surface area contributed by atoms with E-state index < -0.39 is 5.54 Å². The molecule has 0 radical (unpaired) electrons. The van der Waals surface area contributed by atoms with Crippen LogP contribution in [0.25, 0.3) is 0 Å². The van der Waals surface area contributed by atoms with Crippen molar-refractivity contribution in [2.75, 3.05) is 13.2 Å². The van der Waals surface area contributed by atoms with E-state index in [4.69, 9.17) is 10.00 Å². The van der Waals surface area contributed by atoms with Crippen molar-refractivity contribution in [3.8, 4) is 6.07 Å². The Bertz CT molecular complexity index is 203. The average Bonchev–Trinajstić information content (AvgIpc) is 2.02. The second kappa shape index (κ2) is 4.62. The summed E-state index contributed by atoms with van der Waals surface area (Å²) < 4.78 is 4.95. The van der Waals surface area contributed by atoms with Crippen LogP contribution in [-0.4, -0.2) is 24.8 Å². The molecule has 1 unspecified atom stereocenters. The fourth-order valence-corrected chi connectivity index (χ4v) is 0.491. The molecule has 0 aromatic rings. The Labute approximate surface area is 65.5 Å². The van der Waals surface area contributed by atoms with Crippen LogP contribution in [0.15, 0.2) is 4.99 Å². The first-order chi connectivity index (χ1) is 5.18. The fraction of sp³-hybridized carbons (Fsp3) is 0.714. The van der Waals surface area contributed by atoms with Gasteiger partial charge in [-0.05, 0) is 13.8 Å². The molecule has 0 saturated heterocycles. The Morgan fingerprint density at radius 2 is 2.36 bits per heavy atom. The van der Waals surface area contributed by atoms with Gasteiger partial charge in [-0.3, -0.25) is 0 Å². The van der Waals surface area contributed by atoms with Crippen molar-refractivity contribution < 1.29 is 9.53 Å². The Kier molecular flexibility index (Phi) is 4.12. The first-order valence-electron chi connectivity index (χ1n) is 3.26. The number of nitrogens with zero attached hydrogens (tertiary/aromatic N) is 2. The maximum absolute atomic E-state index is 9.84. The molecule has 0 heterocycles. The standard InChI is InChI=1S/C7H10N2O2/c1-3-11-5-7(2,4-8)9-6-10/h3,5H2,1-2H3. The topological polar surface area (TPSA) is 62.4 Å². The molecule has 4 heteroatoms. The van der Waals surface area contributed by atoms with Crippen LogP contribution in [0.3, 0.4) is 0 Å². The van der Waals surface area contributed by atoms with Gasteiger partial charge in [0.05, 0.1) is 12.7 Å². The molecule has 0 aliphatic carbocycles. The first kappa shape index (κ1) is 9.83. The quantitative estimate of drug-likeness (QED) is 0.441. The Hall–Kier alpha value is -1.17. The van der Waals surface area contributed by atoms with E-state index in [-0.39, 0.29) is 6.61 Å². The van der Waals surface area contributed by atoms with Crippen molar-refractivity contribution in [3.05, 3.63) is 0 Å². The molecule has 0 amide bonds. The summed E-state index contributed by atoms with van der Waals surface area (Å²) in [6, 6.07) is 1.86. The van der Waals surface area contributed by atoms with Crippen molar-refractivity contribution in [1.29, 1.82) is 5.26 Å². The molecule has 0 N–H and O–H groups in total. The summed E-state index contributed by atoms with van der Waals surface area (Å²) in [5, 5.41) is 8.54. The molecule has 0 aromatic heterocycles. The molecule has 0 rings (SSSR count). The molecule has 0 saturated carbocycles. The number of isocyanates is 1. The number of aliphatic imine (C=N–C) groups is 1. The second-order valence-electron chi connectivity index (χ2n) is 2.23. The van der Waals surface area contributed by atoms with Gasteiger partial charge in [0.2, 0.25) is 6.08 Å². The third-order valence-corrected chi connectivity index (χ3v) is 1.12. The zero-order chi connectivity index (χ0) is 8.74. The highest BCUT2D eigenvalue weighted by atomic mass is 16.5. The maximum Gasteiger partial charge on any atom is 0.236 e. The van der Waals surface area contributed by atoms with Crippen molar-refractivity contribution in [3.63, 3.8) is 0 Å². The van der Waals surface area contributed by atoms with Gasteiger partial charge in [-0.25, -0.2) is 4.79 Å². The number of nitriles is 1. The van der Waals surface area contributed by atoms with Gasteiger partial charge in [-0.1, -0.05) is 0 Å². The number of hydrogen-bond acceptors (Lipinski definition) is 4. The molecule has 11 heavy (non-hydrogen) atoms. The summed E-state index contributed by atoms with van der Waals surface area (Å²) in [4.78, 5) is 13.2. The van der Waals surface area contributed by atoms with Gasteiger partial charge in [-0.2, -0.15) is 10.3 Å². The number of carbonyl (C=O) groups excluding carboxylic acids is 1. The smallest absolute Gasteiger partial charge is 0.236 e. The molecular formula is C7H10N2O2. The highest BCUT2D eigenvalue weighted by Crippen LogP contribution is 2.07. The normalized spacial score (nSPS) is 14.3. The zero-order valence-electron chi connectivity index (χ0n) is 6.63. The van der Waals surface area contributed by atoms with Crippen molar-refractivity contribution >= 4 is 6.08 Å². The van der Waals surface area contributed by atoms with E-state index in [0.717, 1.165) is 0 Å². The van der Waals surface area contributed by atoms with Crippen LogP contribution in [0.4, 0.5) is 0 Å². The molecule has 0 aliphatic rings. The van der Waals surface area contributed by atoms with Crippen LogP contribution < -0.4 is 0 Å². The predicted molar refractivity (Wildman–Crippen MR) is 38.6 cm³/mol. The van der Waals surface area contributed by atoms with E-state index in [1.165, 1.54) is 13.0 Å². The second-order valence-corrected chi connectivity index (χ2v) is 2.23. The number of hydrogen-bond donors (Lipinski definition) is 0. The maximum atomic E-state index is 9.84. The van der Waals surface area contributed by atoms with Crippen LogP contribution in [0, 0.1) is 11.3 Å². The lowest BCUT2D eigenvalue weighted by Gasteiger charge is -2.12. The van der Waals surface area contributed by atoms with E-state index in [0.29, 0.717) is 6.61 Å². The number of rotatable bonds is 4. The minimum atomic E-state index is -1.07. The highest BCUT2D eigenvalue weighted by molar-refractivity contribution is 5.36. The molecule has 0 fully saturated rings. The monoisotopic (exact) mass is 154 g/mol. The summed E-state index contributed by atoms with van der Waals surface area (Å²) in [6.07, 6.45) is 1.34. The molecule has 60 valence electrons. The van der Waals surface area contributed by atoms with Gasteiger partial charge < -0.3 is 4.74 Å². The van der Waals surface area contributed by atoms with E-state index in [1.807, 2.05) is 13.0 Å². The van der Waals surface area contributed by atoms with Gasteiger partial charge in [0.1, 0.15) is 0 Å². The summed E-state index contributed by atoms with van der Waals surface area (Å²) in [7, 11) is 0. The zero-order valence-corrected chi connectivity index (χ0v) is 6.63. The third-order valence-electron chi connectivity index (χ3n) is 1.12. The summed E-state index contributed by atoms with van der Waals surface area (Å²) >= 11 is 0. The van der Waals surface area contributed by atoms with Gasteiger partial charge in [0.15, 0.2) is 5.54 Å². The van der Waals surface area contributed by atoms with E-state index in [1.54, 1.807) is 0 Å². The molecule has 0 bridgehead atoms. The average molecular weight is 154 g/mol. The molecule has 0 aliphatic heterocycles. The summed E-state index contributed by atoms with van der Waals surface area (Å²) in [5.41, 5.74) is -1.07.